The Balaban J connectivity index is 0.00000136. The molecule has 240 valence electrons. The summed E-state index contributed by atoms with van der Waals surface area (Å²) in [5, 5.41) is 38.2. The maximum Gasteiger partial charge on any atom is 0.425 e. The summed E-state index contributed by atoms with van der Waals surface area (Å²) in [5.74, 6) is 0.361. The van der Waals surface area contributed by atoms with Crippen LogP contribution in [0, 0.1) is 0 Å². The molecule has 0 aliphatic heterocycles. The van der Waals surface area contributed by atoms with Gasteiger partial charge in [-0.2, -0.15) is 5.11 Å². The van der Waals surface area contributed by atoms with Gasteiger partial charge in [0.15, 0.2) is 18.3 Å². The smallest absolute Gasteiger partial charge is 0.425 e. The van der Waals surface area contributed by atoms with Crippen molar-refractivity contribution in [3.63, 3.8) is 0 Å². The molecule has 4 aromatic carbocycles. The Kier molecular flexibility index (Phi) is 13.0. The van der Waals surface area contributed by atoms with Gasteiger partial charge >= 0.3 is 10.6 Å². The molecule has 4 aromatic rings. The van der Waals surface area contributed by atoms with Crippen LogP contribution in [-0.4, -0.2) is 62.9 Å². The third-order valence-electron chi connectivity index (χ3n) is 5.49. The zero-order valence-electron chi connectivity index (χ0n) is 23.8. The maximum atomic E-state index is 10.8. The van der Waals surface area contributed by atoms with Crippen LogP contribution in [0.15, 0.2) is 81.1 Å². The van der Waals surface area contributed by atoms with E-state index in [0.29, 0.717) is 11.1 Å². The van der Waals surface area contributed by atoms with Crippen molar-refractivity contribution >= 4 is 62.8 Å². The highest BCUT2D eigenvalue weighted by atomic mass is 32.2. The number of aliphatic hydroxyl groups is 1. The molecule has 0 saturated carbocycles. The van der Waals surface area contributed by atoms with Crippen LogP contribution in [0.5, 0.6) is 28.7 Å². The van der Waals surface area contributed by atoms with Crippen molar-refractivity contribution in [1.29, 1.82) is 0 Å². The average Bonchev–Trinajstić information content (AvgIpc) is 3.02. The van der Waals surface area contributed by atoms with Crippen LogP contribution in [0.3, 0.4) is 0 Å². The molecule has 4 N–H and O–H groups in total. The lowest BCUT2D eigenvalue weighted by molar-refractivity contribution is -0.121. The molecule has 0 radical (unpaired) electrons. The number of carbonyl (C=O) groups is 2. The molecule has 0 unspecified atom stereocenters. The quantitative estimate of drug-likeness (QED) is 0.0739. The molecular formula is C28H25N5O12S. The van der Waals surface area contributed by atoms with E-state index in [4.69, 9.17) is 42.0 Å². The molecule has 0 heterocycles. The number of anilines is 1. The van der Waals surface area contributed by atoms with Crippen LogP contribution < -0.4 is 24.7 Å². The molecule has 0 saturated heterocycles. The fourth-order valence-electron chi connectivity index (χ4n) is 3.68. The summed E-state index contributed by atoms with van der Waals surface area (Å²) in [6.45, 7) is -0.0882. The molecule has 0 amide bonds. The Labute approximate surface area is 261 Å². The van der Waals surface area contributed by atoms with Gasteiger partial charge in [0.2, 0.25) is 0 Å². The number of nitrogens with zero attached hydrogens (tertiary/aromatic N) is 4. The number of benzene rings is 4. The van der Waals surface area contributed by atoms with Crippen molar-refractivity contribution in [3.05, 3.63) is 60.7 Å². The second kappa shape index (κ2) is 17.3. The third-order valence-corrected chi connectivity index (χ3v) is 5.49. The molecule has 0 aliphatic carbocycles. The van der Waals surface area contributed by atoms with Gasteiger partial charge in [-0.15, -0.1) is 28.0 Å². The molecule has 0 fully saturated rings. The minimum atomic E-state index is -3.11. The number of phenolic OH excluding ortho intramolecular Hbond substituents is 1. The number of nitrogens with two attached hydrogens (primary N) is 1. The number of methoxy groups -OCH3 is 1. The lowest BCUT2D eigenvalue weighted by Crippen LogP contribution is -2.03. The highest BCUT2D eigenvalue weighted by Crippen LogP contribution is 2.43. The number of aromatic hydroxyl groups is 1. The van der Waals surface area contributed by atoms with Crippen LogP contribution in [0.25, 0.3) is 10.8 Å². The molecule has 18 heteroatoms. The van der Waals surface area contributed by atoms with Crippen molar-refractivity contribution < 1.29 is 56.1 Å². The van der Waals surface area contributed by atoms with E-state index in [1.807, 2.05) is 0 Å². The standard InChI is InChI=1S/C28H25N5O9.O3S/c1-38-16-42-27-13-24(33-31-23-5-3-17-2-4-18(29)8-22(17)28(23)37)26(39-7-6-34)12-25(27)32-30-19-9-20(40-14-35)11-21(10-19)41-15-36;1-4(2)3/h2-5,8-15,34,37H,6-7,16,29H2,1H3;. The van der Waals surface area contributed by atoms with Gasteiger partial charge in [-0.1, -0.05) is 12.1 Å². The van der Waals surface area contributed by atoms with E-state index < -0.39 is 10.6 Å². The van der Waals surface area contributed by atoms with E-state index >= 15 is 0 Å². The first-order valence-corrected chi connectivity index (χ1v) is 13.7. The summed E-state index contributed by atoms with van der Waals surface area (Å²) in [6.07, 6.45) is 0. The van der Waals surface area contributed by atoms with Crippen LogP contribution in [0.2, 0.25) is 0 Å². The number of nitrogen functional groups attached to an aromatic ring is 1. The number of azo groups is 2. The molecule has 17 nitrogen and oxygen atoms in total. The monoisotopic (exact) mass is 655 g/mol. The molecule has 0 aliphatic rings. The minimum Gasteiger partial charge on any atom is -0.505 e. The lowest BCUT2D eigenvalue weighted by atomic mass is 10.1. The van der Waals surface area contributed by atoms with E-state index in [1.54, 1.807) is 30.3 Å². The zero-order chi connectivity index (χ0) is 33.5. The number of ether oxygens (including phenoxy) is 5. The van der Waals surface area contributed by atoms with Gasteiger partial charge in [-0.05, 0) is 23.6 Å². The van der Waals surface area contributed by atoms with Gasteiger partial charge in [0, 0.05) is 48.5 Å². The Morgan fingerprint density at radius 1 is 0.783 bits per heavy atom. The van der Waals surface area contributed by atoms with Gasteiger partial charge in [0.1, 0.15) is 40.9 Å². The number of hydrogen-bond donors (Lipinski definition) is 3. The van der Waals surface area contributed by atoms with E-state index in [1.165, 1.54) is 37.4 Å². The highest BCUT2D eigenvalue weighted by molar-refractivity contribution is 7.59. The van der Waals surface area contributed by atoms with Gasteiger partial charge in [-0.3, -0.25) is 9.59 Å². The molecule has 0 spiro atoms. The van der Waals surface area contributed by atoms with Gasteiger partial charge in [-0.25, -0.2) is 0 Å². The summed E-state index contributed by atoms with van der Waals surface area (Å²) in [5.41, 5.74) is 7.05. The van der Waals surface area contributed by atoms with Gasteiger partial charge in [0.05, 0.1) is 12.3 Å². The van der Waals surface area contributed by atoms with Crippen molar-refractivity contribution in [2.45, 2.75) is 0 Å². The maximum absolute atomic E-state index is 10.8. The highest BCUT2D eigenvalue weighted by Gasteiger charge is 2.15. The van der Waals surface area contributed by atoms with E-state index in [2.05, 4.69) is 20.5 Å². The van der Waals surface area contributed by atoms with E-state index in [-0.39, 0.29) is 84.4 Å². The van der Waals surface area contributed by atoms with Crippen LogP contribution in [0.1, 0.15) is 0 Å². The number of phenols is 1. The first-order chi connectivity index (χ1) is 22.2. The van der Waals surface area contributed by atoms with Crippen LogP contribution >= 0.6 is 0 Å². The third kappa shape index (κ3) is 10.0. The molecule has 0 bridgehead atoms. The largest absolute Gasteiger partial charge is 0.505 e. The number of fused-ring (bicyclic) bond motifs is 1. The topological polar surface area (TPSA) is 247 Å². The Morgan fingerprint density at radius 3 is 1.93 bits per heavy atom. The summed E-state index contributed by atoms with van der Waals surface area (Å²) in [7, 11) is -1.68. The first kappa shape index (κ1) is 34.5. The molecule has 0 atom stereocenters. The van der Waals surface area contributed by atoms with E-state index in [0.717, 1.165) is 5.39 Å². The SMILES string of the molecule is COCOc1cc(N=Nc2ccc3ccc(N)cc3c2O)c(OCCO)cc1N=Nc1cc(OC=O)cc(OC=O)c1.O=S(=O)=O. The second-order valence-corrected chi connectivity index (χ2v) is 8.93. The van der Waals surface area contributed by atoms with Gasteiger partial charge < -0.3 is 39.6 Å². The van der Waals surface area contributed by atoms with Crippen LogP contribution in [-0.2, 0) is 24.9 Å². The molecule has 4 rings (SSSR count). The number of aliphatic hydroxyl groups excluding tert-OH is 1. The Hall–Kier alpha value is -5.98. The average molecular weight is 656 g/mol. The lowest BCUT2D eigenvalue weighted by Gasteiger charge is -2.12. The first-order valence-electron chi connectivity index (χ1n) is 12.7. The van der Waals surface area contributed by atoms with Crippen LogP contribution in [0.4, 0.5) is 28.4 Å². The normalized spacial score (nSPS) is 10.7. The van der Waals surface area contributed by atoms with E-state index in [9.17, 15) is 19.8 Å². The summed E-state index contributed by atoms with van der Waals surface area (Å²) >= 11 is 0. The predicted octanol–water partition coefficient (Wildman–Crippen LogP) is 4.38. The molecular weight excluding hydrogens is 630 g/mol. The Morgan fingerprint density at radius 2 is 1.35 bits per heavy atom. The Bertz CT molecular complexity index is 1830. The minimum absolute atomic E-state index is 0.0662. The second-order valence-electron chi connectivity index (χ2n) is 8.52. The predicted molar refractivity (Wildman–Crippen MR) is 159 cm³/mol. The molecule has 46 heavy (non-hydrogen) atoms. The van der Waals surface area contributed by atoms with Gasteiger partial charge in [0.25, 0.3) is 12.9 Å². The van der Waals surface area contributed by atoms with Crippen molar-refractivity contribution in [3.8, 4) is 28.7 Å². The molecule has 0 aromatic heterocycles. The van der Waals surface area contributed by atoms with Crippen molar-refractivity contribution in [1.82, 2.24) is 0 Å². The number of rotatable bonds is 14. The number of carbonyl (C=O) groups excluding carboxylic acids is 2. The zero-order valence-corrected chi connectivity index (χ0v) is 24.6. The fraction of sp³-hybridized carbons (Fsp3) is 0.143. The fourth-order valence-corrected chi connectivity index (χ4v) is 3.68. The number of hydrogen-bond acceptors (Lipinski definition) is 17. The summed E-state index contributed by atoms with van der Waals surface area (Å²) in [6, 6.07) is 15.5. The van der Waals surface area contributed by atoms with Crippen molar-refractivity contribution in [2.24, 2.45) is 20.5 Å². The van der Waals surface area contributed by atoms with Crippen molar-refractivity contribution in [2.75, 3.05) is 32.9 Å². The summed E-state index contributed by atoms with van der Waals surface area (Å²) in [4.78, 5) is 21.6. The summed E-state index contributed by atoms with van der Waals surface area (Å²) < 4.78 is 51.3.